The largest absolute Gasteiger partial charge is 0.405 e. The van der Waals surface area contributed by atoms with Gasteiger partial charge in [-0.25, -0.2) is 4.79 Å². The van der Waals surface area contributed by atoms with Crippen LogP contribution in [0, 0.1) is 0 Å². The van der Waals surface area contributed by atoms with Gasteiger partial charge in [0.2, 0.25) is 0 Å². The lowest BCUT2D eigenvalue weighted by Crippen LogP contribution is -2.36. The number of nitrogens with one attached hydrogen (secondary N) is 3. The van der Waals surface area contributed by atoms with Gasteiger partial charge in [-0.05, 0) is 31.2 Å². The number of carbonyl (C=O) groups is 1. The molecule has 0 radical (unpaired) electrons. The molecule has 0 heterocycles. The van der Waals surface area contributed by atoms with E-state index in [1.165, 1.54) is 0 Å². The molecule has 1 aromatic carbocycles. The molecule has 3 N–H and O–H groups in total. The maximum Gasteiger partial charge on any atom is 0.405 e. The van der Waals surface area contributed by atoms with Gasteiger partial charge >= 0.3 is 12.2 Å². The van der Waals surface area contributed by atoms with Gasteiger partial charge in [0.25, 0.3) is 0 Å². The topological polar surface area (TPSA) is 53.2 Å². The number of urea groups is 1. The molecular weight excluding hydrogens is 271 g/mol. The zero-order valence-electron chi connectivity index (χ0n) is 11.3. The fourth-order valence-electron chi connectivity index (χ4n) is 1.63. The van der Waals surface area contributed by atoms with Gasteiger partial charge in [-0.2, -0.15) is 13.2 Å². The van der Waals surface area contributed by atoms with E-state index in [1.54, 1.807) is 17.4 Å². The quantitative estimate of drug-likeness (QED) is 0.780. The molecule has 20 heavy (non-hydrogen) atoms. The van der Waals surface area contributed by atoms with Crippen molar-refractivity contribution in [2.24, 2.45) is 0 Å². The first-order valence-electron chi connectivity index (χ1n) is 6.26. The Balaban J connectivity index is 2.51. The highest BCUT2D eigenvalue weighted by molar-refractivity contribution is 5.89. The molecule has 7 heteroatoms. The van der Waals surface area contributed by atoms with Gasteiger partial charge in [-0.3, -0.25) is 0 Å². The number of amides is 2. The van der Waals surface area contributed by atoms with Crippen LogP contribution < -0.4 is 16.0 Å². The number of anilines is 1. The lowest BCUT2D eigenvalue weighted by Gasteiger charge is -2.14. The number of benzene rings is 1. The number of hydrogen-bond donors (Lipinski definition) is 3. The van der Waals surface area contributed by atoms with Crippen LogP contribution in [0.1, 0.15) is 25.5 Å². The van der Waals surface area contributed by atoms with Crippen molar-refractivity contribution >= 4 is 11.7 Å². The van der Waals surface area contributed by atoms with Crippen molar-refractivity contribution in [3.63, 3.8) is 0 Å². The number of rotatable bonds is 5. The summed E-state index contributed by atoms with van der Waals surface area (Å²) in [6.07, 6.45) is -4.41. The van der Waals surface area contributed by atoms with Crippen molar-refractivity contribution in [3.05, 3.63) is 29.8 Å². The van der Waals surface area contributed by atoms with Crippen molar-refractivity contribution in [1.82, 2.24) is 10.6 Å². The van der Waals surface area contributed by atoms with E-state index in [9.17, 15) is 18.0 Å². The second-order valence-electron chi connectivity index (χ2n) is 4.32. The summed E-state index contributed by atoms with van der Waals surface area (Å²) in [6, 6.07) is 6.22. The Kier molecular flexibility index (Phi) is 5.82. The summed E-state index contributed by atoms with van der Waals surface area (Å²) in [7, 11) is 0. The van der Waals surface area contributed by atoms with Crippen molar-refractivity contribution in [2.45, 2.75) is 26.1 Å². The van der Waals surface area contributed by atoms with Gasteiger partial charge in [-0.15, -0.1) is 0 Å². The fourth-order valence-corrected chi connectivity index (χ4v) is 1.63. The van der Waals surface area contributed by atoms with Crippen LogP contribution in [-0.4, -0.2) is 25.3 Å². The molecule has 1 rings (SSSR count). The summed E-state index contributed by atoms with van der Waals surface area (Å²) in [5.41, 5.74) is 1.48. The standard InChI is InChI=1S/C13H18F3N3O/c1-3-17-9(2)10-4-6-11(7-5-10)19-12(20)18-8-13(14,15)16/h4-7,9,17H,3,8H2,1-2H3,(H2,18,19,20). The highest BCUT2D eigenvalue weighted by Crippen LogP contribution is 2.16. The lowest BCUT2D eigenvalue weighted by atomic mass is 10.1. The normalized spacial score (nSPS) is 12.8. The molecule has 4 nitrogen and oxygen atoms in total. The summed E-state index contributed by atoms with van der Waals surface area (Å²) in [5, 5.41) is 7.32. The summed E-state index contributed by atoms with van der Waals surface area (Å²) in [6.45, 7) is 3.48. The molecule has 2 amide bonds. The molecule has 0 aliphatic rings. The SMILES string of the molecule is CCNC(C)c1ccc(NC(=O)NCC(F)(F)F)cc1. The van der Waals surface area contributed by atoms with E-state index in [0.29, 0.717) is 5.69 Å². The molecule has 112 valence electrons. The smallest absolute Gasteiger partial charge is 0.329 e. The Labute approximate surface area is 115 Å². The third-order valence-corrected chi connectivity index (χ3v) is 2.63. The first-order valence-corrected chi connectivity index (χ1v) is 6.26. The molecule has 0 saturated heterocycles. The molecule has 1 aromatic rings. The Bertz CT molecular complexity index is 431. The zero-order valence-corrected chi connectivity index (χ0v) is 11.3. The number of carbonyl (C=O) groups excluding carboxylic acids is 1. The van der Waals surface area contributed by atoms with E-state index in [1.807, 2.05) is 26.0 Å². The second kappa shape index (κ2) is 7.14. The molecule has 1 atom stereocenters. The highest BCUT2D eigenvalue weighted by Gasteiger charge is 2.27. The van der Waals surface area contributed by atoms with E-state index >= 15 is 0 Å². The Hall–Kier alpha value is -1.76. The van der Waals surface area contributed by atoms with E-state index < -0.39 is 18.8 Å². The molecule has 0 saturated carbocycles. The van der Waals surface area contributed by atoms with Crippen LogP contribution in [0.25, 0.3) is 0 Å². The van der Waals surface area contributed by atoms with Crippen LogP contribution in [0.4, 0.5) is 23.7 Å². The fraction of sp³-hybridized carbons (Fsp3) is 0.462. The lowest BCUT2D eigenvalue weighted by molar-refractivity contribution is -0.122. The summed E-state index contributed by atoms with van der Waals surface area (Å²) in [4.78, 5) is 11.2. The maximum atomic E-state index is 11.9. The Morgan fingerprint density at radius 3 is 2.35 bits per heavy atom. The van der Waals surface area contributed by atoms with Crippen molar-refractivity contribution in [3.8, 4) is 0 Å². The maximum absolute atomic E-state index is 11.9. The monoisotopic (exact) mass is 289 g/mol. The van der Waals surface area contributed by atoms with Gasteiger partial charge < -0.3 is 16.0 Å². The van der Waals surface area contributed by atoms with Crippen LogP contribution >= 0.6 is 0 Å². The number of hydrogen-bond acceptors (Lipinski definition) is 2. The van der Waals surface area contributed by atoms with Gasteiger partial charge in [0.15, 0.2) is 0 Å². The highest BCUT2D eigenvalue weighted by atomic mass is 19.4. The van der Waals surface area contributed by atoms with E-state index in [0.717, 1.165) is 12.1 Å². The van der Waals surface area contributed by atoms with E-state index in [2.05, 4.69) is 10.6 Å². The van der Waals surface area contributed by atoms with Gasteiger partial charge in [0, 0.05) is 11.7 Å². The second-order valence-corrected chi connectivity index (χ2v) is 4.32. The zero-order chi connectivity index (χ0) is 15.2. The summed E-state index contributed by atoms with van der Waals surface area (Å²) in [5.74, 6) is 0. The van der Waals surface area contributed by atoms with Gasteiger partial charge in [-0.1, -0.05) is 19.1 Å². The van der Waals surface area contributed by atoms with Crippen LogP contribution in [-0.2, 0) is 0 Å². The third-order valence-electron chi connectivity index (χ3n) is 2.63. The minimum Gasteiger partial charge on any atom is -0.329 e. The van der Waals surface area contributed by atoms with Crippen LogP contribution in [0.2, 0.25) is 0 Å². The predicted molar refractivity (Wildman–Crippen MR) is 71.6 cm³/mol. The minimum absolute atomic E-state index is 0.174. The average Bonchev–Trinajstić information content (AvgIpc) is 2.37. The van der Waals surface area contributed by atoms with Crippen LogP contribution in [0.3, 0.4) is 0 Å². The molecule has 1 unspecified atom stereocenters. The third kappa shape index (κ3) is 5.92. The average molecular weight is 289 g/mol. The van der Waals surface area contributed by atoms with Crippen molar-refractivity contribution in [1.29, 1.82) is 0 Å². The number of alkyl halides is 3. The first kappa shape index (κ1) is 16.3. The van der Waals surface area contributed by atoms with Gasteiger partial charge in [0.1, 0.15) is 6.54 Å². The van der Waals surface area contributed by atoms with Crippen LogP contribution in [0.5, 0.6) is 0 Å². The molecule has 0 aliphatic carbocycles. The molecule has 0 fully saturated rings. The van der Waals surface area contributed by atoms with Crippen molar-refractivity contribution in [2.75, 3.05) is 18.4 Å². The van der Waals surface area contributed by atoms with E-state index in [-0.39, 0.29) is 6.04 Å². The molecule has 0 spiro atoms. The van der Waals surface area contributed by atoms with Crippen molar-refractivity contribution < 1.29 is 18.0 Å². The predicted octanol–water partition coefficient (Wildman–Crippen LogP) is 3.04. The van der Waals surface area contributed by atoms with E-state index in [4.69, 9.17) is 0 Å². The molecule has 0 aromatic heterocycles. The van der Waals surface area contributed by atoms with Gasteiger partial charge in [0.05, 0.1) is 0 Å². The molecule has 0 aliphatic heterocycles. The molecular formula is C13H18F3N3O. The van der Waals surface area contributed by atoms with Crippen LogP contribution in [0.15, 0.2) is 24.3 Å². The Morgan fingerprint density at radius 2 is 1.85 bits per heavy atom. The first-order chi connectivity index (χ1) is 9.31. The summed E-state index contributed by atoms with van der Waals surface area (Å²) < 4.78 is 35.8. The minimum atomic E-state index is -4.41. The number of halogens is 3. The summed E-state index contributed by atoms with van der Waals surface area (Å²) >= 11 is 0. The molecule has 0 bridgehead atoms. The Morgan fingerprint density at radius 1 is 1.25 bits per heavy atom.